The minimum absolute atomic E-state index is 0.387. The van der Waals surface area contributed by atoms with Crippen LogP contribution in [0.5, 0.6) is 0 Å². The molecule has 4 rings (SSSR count). The van der Waals surface area contributed by atoms with E-state index in [0.29, 0.717) is 5.88 Å². The van der Waals surface area contributed by atoms with Crippen molar-refractivity contribution in [2.24, 2.45) is 0 Å². The molecular weight excluding hydrogens is 280 g/mol. The maximum absolute atomic E-state index is 6.12. The van der Waals surface area contributed by atoms with E-state index in [0.717, 1.165) is 22.5 Å². The van der Waals surface area contributed by atoms with Gasteiger partial charge < -0.3 is 0 Å². The normalized spacial score (nSPS) is 11.3. The van der Waals surface area contributed by atoms with Crippen molar-refractivity contribution < 1.29 is 0 Å². The van der Waals surface area contributed by atoms with Gasteiger partial charge in [0.2, 0.25) is 0 Å². The van der Waals surface area contributed by atoms with Gasteiger partial charge in [-0.2, -0.15) is 0 Å². The Labute approximate surface area is 127 Å². The topological polar surface area (TPSA) is 17.8 Å². The Kier molecular flexibility index (Phi) is 2.90. The maximum Gasteiger partial charge on any atom is 0.129 e. The SMILES string of the molecule is ClCc1nc2ccccc2n1-c1cccc2ccccc12. The van der Waals surface area contributed by atoms with Crippen LogP contribution in [-0.2, 0) is 5.88 Å². The van der Waals surface area contributed by atoms with Gasteiger partial charge in [0.1, 0.15) is 5.82 Å². The van der Waals surface area contributed by atoms with Crippen LogP contribution in [0.2, 0.25) is 0 Å². The summed E-state index contributed by atoms with van der Waals surface area (Å²) in [6.07, 6.45) is 0. The lowest BCUT2D eigenvalue weighted by atomic mass is 10.1. The van der Waals surface area contributed by atoms with Crippen molar-refractivity contribution in [3.05, 3.63) is 72.6 Å². The number of hydrogen-bond acceptors (Lipinski definition) is 1. The van der Waals surface area contributed by atoms with Crippen LogP contribution in [-0.4, -0.2) is 9.55 Å². The van der Waals surface area contributed by atoms with E-state index in [1.807, 2.05) is 18.2 Å². The predicted octanol–water partition coefficient (Wildman–Crippen LogP) is 4.92. The van der Waals surface area contributed by atoms with E-state index in [4.69, 9.17) is 11.6 Å². The molecule has 0 spiro atoms. The first kappa shape index (κ1) is 12.4. The Morgan fingerprint density at radius 2 is 1.62 bits per heavy atom. The van der Waals surface area contributed by atoms with Crippen molar-refractivity contribution in [2.45, 2.75) is 5.88 Å². The lowest BCUT2D eigenvalue weighted by molar-refractivity contribution is 0.989. The van der Waals surface area contributed by atoms with Gasteiger partial charge in [-0.25, -0.2) is 4.98 Å². The maximum atomic E-state index is 6.12. The molecule has 0 amide bonds. The molecule has 4 aromatic rings. The highest BCUT2D eigenvalue weighted by atomic mass is 35.5. The molecule has 0 aliphatic rings. The van der Waals surface area contributed by atoms with E-state index in [1.54, 1.807) is 0 Å². The number of halogens is 1. The molecule has 0 bridgehead atoms. The Hall–Kier alpha value is -2.32. The van der Waals surface area contributed by atoms with Crippen molar-refractivity contribution in [1.82, 2.24) is 9.55 Å². The zero-order valence-corrected chi connectivity index (χ0v) is 12.1. The largest absolute Gasteiger partial charge is 0.295 e. The number of imidazole rings is 1. The molecule has 0 fully saturated rings. The van der Waals surface area contributed by atoms with Crippen LogP contribution < -0.4 is 0 Å². The third-order valence-electron chi connectivity index (χ3n) is 3.76. The molecule has 0 aliphatic carbocycles. The average Bonchev–Trinajstić information content (AvgIpc) is 2.92. The van der Waals surface area contributed by atoms with Crippen LogP contribution in [0, 0.1) is 0 Å². The summed E-state index contributed by atoms with van der Waals surface area (Å²) >= 11 is 6.12. The standard InChI is InChI=1S/C18H13ClN2/c19-12-18-20-15-9-3-4-10-17(15)21(18)16-11-5-7-13-6-1-2-8-14(13)16/h1-11H,12H2. The molecule has 0 radical (unpaired) electrons. The van der Waals surface area contributed by atoms with Crippen molar-refractivity contribution >= 4 is 33.4 Å². The number of alkyl halides is 1. The molecule has 1 aromatic heterocycles. The molecule has 0 aliphatic heterocycles. The van der Waals surface area contributed by atoms with E-state index < -0.39 is 0 Å². The average molecular weight is 293 g/mol. The van der Waals surface area contributed by atoms with Crippen LogP contribution in [0.25, 0.3) is 27.5 Å². The summed E-state index contributed by atoms with van der Waals surface area (Å²) in [7, 11) is 0. The van der Waals surface area contributed by atoms with Gasteiger partial charge in [-0.3, -0.25) is 4.57 Å². The molecule has 3 aromatic carbocycles. The summed E-state index contributed by atoms with van der Waals surface area (Å²) in [4.78, 5) is 4.65. The zero-order chi connectivity index (χ0) is 14.2. The fourth-order valence-corrected chi connectivity index (χ4v) is 3.02. The van der Waals surface area contributed by atoms with Crippen molar-refractivity contribution in [2.75, 3.05) is 0 Å². The molecule has 1 heterocycles. The summed E-state index contributed by atoms with van der Waals surface area (Å²) < 4.78 is 2.16. The Morgan fingerprint density at radius 3 is 2.52 bits per heavy atom. The molecule has 0 unspecified atom stereocenters. The number of nitrogens with zero attached hydrogens (tertiary/aromatic N) is 2. The molecule has 0 saturated heterocycles. The van der Waals surface area contributed by atoms with Gasteiger partial charge in [-0.05, 0) is 23.6 Å². The lowest BCUT2D eigenvalue weighted by Crippen LogP contribution is -2.00. The van der Waals surface area contributed by atoms with E-state index in [2.05, 4.69) is 58.1 Å². The number of para-hydroxylation sites is 2. The number of hydrogen-bond donors (Lipinski definition) is 0. The highest BCUT2D eigenvalue weighted by Gasteiger charge is 2.13. The zero-order valence-electron chi connectivity index (χ0n) is 11.3. The van der Waals surface area contributed by atoms with Crippen LogP contribution in [0.15, 0.2) is 66.7 Å². The molecule has 21 heavy (non-hydrogen) atoms. The molecule has 0 atom stereocenters. The van der Waals surface area contributed by atoms with Gasteiger partial charge in [0.25, 0.3) is 0 Å². The number of benzene rings is 3. The van der Waals surface area contributed by atoms with Crippen LogP contribution in [0.4, 0.5) is 0 Å². The molecule has 0 N–H and O–H groups in total. The third kappa shape index (κ3) is 1.91. The first-order valence-electron chi connectivity index (χ1n) is 6.89. The van der Waals surface area contributed by atoms with Crippen molar-refractivity contribution in [3.8, 4) is 5.69 Å². The quantitative estimate of drug-likeness (QED) is 0.480. The van der Waals surface area contributed by atoms with Crippen LogP contribution >= 0.6 is 11.6 Å². The number of rotatable bonds is 2. The fourth-order valence-electron chi connectivity index (χ4n) is 2.84. The summed E-state index contributed by atoms with van der Waals surface area (Å²) in [5.74, 6) is 1.26. The molecule has 2 nitrogen and oxygen atoms in total. The van der Waals surface area contributed by atoms with Crippen molar-refractivity contribution in [1.29, 1.82) is 0 Å². The van der Waals surface area contributed by atoms with Gasteiger partial charge in [0.05, 0.1) is 22.6 Å². The first-order valence-corrected chi connectivity index (χ1v) is 7.42. The summed E-state index contributed by atoms with van der Waals surface area (Å²) in [5, 5.41) is 2.42. The number of aromatic nitrogens is 2. The third-order valence-corrected chi connectivity index (χ3v) is 4.00. The number of fused-ring (bicyclic) bond motifs is 2. The Balaban J connectivity index is 2.13. The second-order valence-electron chi connectivity index (χ2n) is 4.98. The smallest absolute Gasteiger partial charge is 0.129 e. The van der Waals surface area contributed by atoms with E-state index in [9.17, 15) is 0 Å². The fraction of sp³-hybridized carbons (Fsp3) is 0.0556. The summed E-state index contributed by atoms with van der Waals surface area (Å²) in [6, 6.07) is 22.8. The van der Waals surface area contributed by atoms with Gasteiger partial charge in [0, 0.05) is 5.39 Å². The van der Waals surface area contributed by atoms with E-state index in [-0.39, 0.29) is 0 Å². The van der Waals surface area contributed by atoms with Gasteiger partial charge >= 0.3 is 0 Å². The Bertz CT molecular complexity index is 935. The van der Waals surface area contributed by atoms with Gasteiger partial charge in [0.15, 0.2) is 0 Å². The molecular formula is C18H13ClN2. The highest BCUT2D eigenvalue weighted by Crippen LogP contribution is 2.28. The first-order chi connectivity index (χ1) is 10.4. The van der Waals surface area contributed by atoms with Gasteiger partial charge in [-0.1, -0.05) is 48.5 Å². The van der Waals surface area contributed by atoms with Crippen LogP contribution in [0.3, 0.4) is 0 Å². The summed E-state index contributed by atoms with van der Waals surface area (Å²) in [5.41, 5.74) is 3.18. The van der Waals surface area contributed by atoms with E-state index in [1.165, 1.54) is 10.8 Å². The van der Waals surface area contributed by atoms with Crippen molar-refractivity contribution in [3.63, 3.8) is 0 Å². The Morgan fingerprint density at radius 1 is 0.857 bits per heavy atom. The summed E-state index contributed by atoms with van der Waals surface area (Å²) in [6.45, 7) is 0. The lowest BCUT2D eigenvalue weighted by Gasteiger charge is -2.11. The minimum atomic E-state index is 0.387. The van der Waals surface area contributed by atoms with Gasteiger partial charge in [-0.15, -0.1) is 11.6 Å². The monoisotopic (exact) mass is 292 g/mol. The highest BCUT2D eigenvalue weighted by molar-refractivity contribution is 6.17. The second kappa shape index (κ2) is 4.90. The molecule has 102 valence electrons. The van der Waals surface area contributed by atoms with Crippen LogP contribution in [0.1, 0.15) is 5.82 Å². The minimum Gasteiger partial charge on any atom is -0.295 e. The van der Waals surface area contributed by atoms with E-state index >= 15 is 0 Å². The predicted molar refractivity (Wildman–Crippen MR) is 88.1 cm³/mol. The molecule has 3 heteroatoms. The second-order valence-corrected chi connectivity index (χ2v) is 5.25. The molecule has 0 saturated carbocycles.